The fourth-order valence-electron chi connectivity index (χ4n) is 4.67. The quantitative estimate of drug-likeness (QED) is 0.285. The molecule has 38 heavy (non-hydrogen) atoms. The molecule has 0 spiro atoms. The molecule has 1 aromatic heterocycles. The largest absolute Gasteiger partial charge is 0.497 e. The van der Waals surface area contributed by atoms with Gasteiger partial charge in [-0.3, -0.25) is 4.79 Å². The van der Waals surface area contributed by atoms with Crippen molar-refractivity contribution in [2.45, 2.75) is 38.8 Å². The summed E-state index contributed by atoms with van der Waals surface area (Å²) in [5, 5.41) is 4.12. The summed E-state index contributed by atoms with van der Waals surface area (Å²) in [4.78, 5) is 33.8. The van der Waals surface area contributed by atoms with Gasteiger partial charge in [0.1, 0.15) is 12.3 Å². The van der Waals surface area contributed by atoms with Gasteiger partial charge in [-0.05, 0) is 67.6 Å². The Kier molecular flexibility index (Phi) is 7.63. The molecule has 0 saturated heterocycles. The SMILES string of the molecule is COc1ccc(NC(=O)N(CC(=O)N(CCc2c[nH]c3ccccc23)Cc2ccc(C)cc2)C2CC2)cc1. The number of nitrogens with zero attached hydrogens (tertiary/aromatic N) is 2. The lowest BCUT2D eigenvalue weighted by Crippen LogP contribution is -2.45. The number of aromatic nitrogens is 1. The van der Waals surface area contributed by atoms with Crippen LogP contribution in [0.2, 0.25) is 0 Å². The van der Waals surface area contributed by atoms with E-state index in [2.05, 4.69) is 53.6 Å². The monoisotopic (exact) mass is 510 g/mol. The van der Waals surface area contributed by atoms with Gasteiger partial charge in [0, 0.05) is 41.9 Å². The summed E-state index contributed by atoms with van der Waals surface area (Å²) in [6.45, 7) is 3.16. The Balaban J connectivity index is 1.30. The first-order valence-electron chi connectivity index (χ1n) is 13.1. The van der Waals surface area contributed by atoms with Gasteiger partial charge >= 0.3 is 6.03 Å². The molecule has 1 fully saturated rings. The van der Waals surface area contributed by atoms with Crippen molar-refractivity contribution in [1.82, 2.24) is 14.8 Å². The molecule has 2 N–H and O–H groups in total. The highest BCUT2D eigenvalue weighted by Gasteiger charge is 2.35. The number of ether oxygens (including phenoxy) is 1. The lowest BCUT2D eigenvalue weighted by atomic mass is 10.1. The van der Waals surface area contributed by atoms with Crippen molar-refractivity contribution >= 4 is 28.5 Å². The van der Waals surface area contributed by atoms with Crippen molar-refractivity contribution in [3.05, 3.63) is 95.7 Å². The van der Waals surface area contributed by atoms with Crippen molar-refractivity contribution in [1.29, 1.82) is 0 Å². The molecule has 0 aliphatic heterocycles. The van der Waals surface area contributed by atoms with Crippen LogP contribution in [-0.4, -0.2) is 53.0 Å². The summed E-state index contributed by atoms with van der Waals surface area (Å²) in [6.07, 6.45) is 4.58. The topological polar surface area (TPSA) is 77.7 Å². The molecule has 0 unspecified atom stereocenters. The summed E-state index contributed by atoms with van der Waals surface area (Å²) in [5.74, 6) is 0.668. The van der Waals surface area contributed by atoms with E-state index in [1.807, 2.05) is 23.2 Å². The third-order valence-corrected chi connectivity index (χ3v) is 7.07. The molecular weight excluding hydrogens is 476 g/mol. The average Bonchev–Trinajstić information content (AvgIpc) is 3.70. The van der Waals surface area contributed by atoms with E-state index in [4.69, 9.17) is 4.74 Å². The van der Waals surface area contributed by atoms with Crippen molar-refractivity contribution in [2.24, 2.45) is 0 Å². The highest BCUT2D eigenvalue weighted by atomic mass is 16.5. The maximum atomic E-state index is 13.7. The van der Waals surface area contributed by atoms with Gasteiger partial charge in [0.05, 0.1) is 7.11 Å². The van der Waals surface area contributed by atoms with Crippen LogP contribution < -0.4 is 10.1 Å². The zero-order valence-corrected chi connectivity index (χ0v) is 21.9. The summed E-state index contributed by atoms with van der Waals surface area (Å²) < 4.78 is 5.20. The van der Waals surface area contributed by atoms with Gasteiger partial charge < -0.3 is 24.8 Å². The number of para-hydroxylation sites is 1. The van der Waals surface area contributed by atoms with E-state index in [-0.39, 0.29) is 24.5 Å². The van der Waals surface area contributed by atoms with Gasteiger partial charge in [-0.2, -0.15) is 0 Å². The van der Waals surface area contributed by atoms with Gasteiger partial charge in [-0.25, -0.2) is 4.79 Å². The Labute approximate surface area is 223 Å². The summed E-state index contributed by atoms with van der Waals surface area (Å²) in [6, 6.07) is 23.5. The van der Waals surface area contributed by atoms with Gasteiger partial charge in [0.25, 0.3) is 0 Å². The third kappa shape index (κ3) is 6.17. The average molecular weight is 511 g/mol. The smallest absolute Gasteiger partial charge is 0.322 e. The lowest BCUT2D eigenvalue weighted by Gasteiger charge is -2.28. The normalized spacial score (nSPS) is 12.8. The summed E-state index contributed by atoms with van der Waals surface area (Å²) >= 11 is 0. The molecule has 1 saturated carbocycles. The molecule has 3 aromatic carbocycles. The van der Waals surface area contributed by atoms with Gasteiger partial charge in [-0.1, -0.05) is 48.0 Å². The zero-order chi connectivity index (χ0) is 26.5. The fraction of sp³-hybridized carbons (Fsp3) is 0.290. The molecule has 1 heterocycles. The number of rotatable bonds is 10. The molecule has 7 nitrogen and oxygen atoms in total. The van der Waals surface area contributed by atoms with Gasteiger partial charge in [0.15, 0.2) is 0 Å². The van der Waals surface area contributed by atoms with Crippen molar-refractivity contribution in [2.75, 3.05) is 25.5 Å². The Morgan fingerprint density at radius 3 is 2.45 bits per heavy atom. The molecule has 0 bridgehead atoms. The summed E-state index contributed by atoms with van der Waals surface area (Å²) in [7, 11) is 1.61. The number of aryl methyl sites for hydroxylation is 1. The van der Waals surface area contributed by atoms with Crippen LogP contribution in [0.15, 0.2) is 79.0 Å². The number of urea groups is 1. The molecule has 0 radical (unpaired) electrons. The maximum absolute atomic E-state index is 13.7. The summed E-state index contributed by atoms with van der Waals surface area (Å²) in [5.41, 5.74) is 5.20. The number of benzene rings is 3. The number of H-pyrrole nitrogens is 1. The first-order valence-corrected chi connectivity index (χ1v) is 13.1. The maximum Gasteiger partial charge on any atom is 0.322 e. The van der Waals surface area contributed by atoms with Crippen LogP contribution >= 0.6 is 0 Å². The van der Waals surface area contributed by atoms with Crippen LogP contribution in [-0.2, 0) is 17.8 Å². The van der Waals surface area contributed by atoms with Crippen LogP contribution in [0.1, 0.15) is 29.5 Å². The van der Waals surface area contributed by atoms with Crippen molar-refractivity contribution < 1.29 is 14.3 Å². The minimum atomic E-state index is -0.252. The number of fused-ring (bicyclic) bond motifs is 1. The van der Waals surface area contributed by atoms with E-state index < -0.39 is 0 Å². The Morgan fingerprint density at radius 2 is 1.74 bits per heavy atom. The lowest BCUT2D eigenvalue weighted by molar-refractivity contribution is -0.132. The standard InChI is InChI=1S/C31H34N4O3/c1-22-7-9-23(10-8-22)20-34(18-17-24-19-32-29-6-4-3-5-28(24)29)30(36)21-35(26-13-14-26)31(37)33-25-11-15-27(38-2)16-12-25/h3-12,15-16,19,26,32H,13-14,17-18,20-21H2,1-2H3,(H,33,37). The Morgan fingerprint density at radius 1 is 1.00 bits per heavy atom. The van der Waals surface area contributed by atoms with Crippen molar-refractivity contribution in [3.63, 3.8) is 0 Å². The minimum absolute atomic E-state index is 0.0480. The van der Waals surface area contributed by atoms with E-state index in [9.17, 15) is 9.59 Å². The van der Waals surface area contributed by atoms with Gasteiger partial charge in [-0.15, -0.1) is 0 Å². The number of carbonyl (C=O) groups is 2. The predicted octanol–water partition coefficient (Wildman–Crippen LogP) is 5.75. The highest BCUT2D eigenvalue weighted by molar-refractivity contribution is 5.93. The molecule has 0 atom stereocenters. The van der Waals surface area contributed by atoms with E-state index >= 15 is 0 Å². The van der Waals surface area contributed by atoms with Gasteiger partial charge in [0.2, 0.25) is 5.91 Å². The fourth-order valence-corrected chi connectivity index (χ4v) is 4.67. The molecule has 196 valence electrons. The van der Waals surface area contributed by atoms with E-state index in [1.165, 1.54) is 16.5 Å². The first kappa shape index (κ1) is 25.4. The van der Waals surface area contributed by atoms with Crippen LogP contribution in [0.4, 0.5) is 10.5 Å². The molecule has 5 rings (SSSR count). The second-order valence-electron chi connectivity index (χ2n) is 9.93. The molecule has 7 heteroatoms. The number of carbonyl (C=O) groups excluding carboxylic acids is 2. The van der Waals surface area contributed by atoms with Crippen molar-refractivity contribution in [3.8, 4) is 5.75 Å². The number of aromatic amines is 1. The number of hydrogen-bond donors (Lipinski definition) is 2. The highest BCUT2D eigenvalue weighted by Crippen LogP contribution is 2.28. The molecule has 3 amide bonds. The Bertz CT molecular complexity index is 1390. The molecule has 1 aliphatic carbocycles. The minimum Gasteiger partial charge on any atom is -0.497 e. The zero-order valence-electron chi connectivity index (χ0n) is 21.9. The molecule has 1 aliphatic rings. The number of amides is 3. The second kappa shape index (κ2) is 11.4. The van der Waals surface area contributed by atoms with E-state index in [1.54, 1.807) is 36.3 Å². The number of methoxy groups -OCH3 is 1. The predicted molar refractivity (Wildman–Crippen MR) is 150 cm³/mol. The second-order valence-corrected chi connectivity index (χ2v) is 9.93. The number of hydrogen-bond acceptors (Lipinski definition) is 3. The van der Waals surface area contributed by atoms with Crippen LogP contribution in [0, 0.1) is 6.92 Å². The van der Waals surface area contributed by atoms with Crippen LogP contribution in [0.3, 0.4) is 0 Å². The molecular formula is C31H34N4O3. The number of anilines is 1. The van der Waals surface area contributed by atoms with E-state index in [0.29, 0.717) is 18.8 Å². The van der Waals surface area contributed by atoms with Crippen LogP contribution in [0.5, 0.6) is 5.75 Å². The van der Waals surface area contributed by atoms with Crippen LogP contribution in [0.25, 0.3) is 10.9 Å². The Hall–Kier alpha value is -4.26. The molecule has 4 aromatic rings. The number of nitrogens with one attached hydrogen (secondary N) is 2. The first-order chi connectivity index (χ1) is 18.5. The third-order valence-electron chi connectivity index (χ3n) is 7.07. The van der Waals surface area contributed by atoms with E-state index in [0.717, 1.165) is 36.1 Å².